The number of hydrogen-bond donors (Lipinski definition) is 2. The fraction of sp³-hybridized carbons (Fsp3) is 0.300. The van der Waals surface area contributed by atoms with Crippen LogP contribution in [0.4, 0.5) is 5.69 Å². The molecule has 0 bridgehead atoms. The molecule has 2 heterocycles. The van der Waals surface area contributed by atoms with Gasteiger partial charge in [0.05, 0.1) is 17.1 Å². The number of aromatic amines is 1. The van der Waals surface area contributed by atoms with Crippen molar-refractivity contribution in [3.8, 4) is 0 Å². The molecule has 0 aliphatic carbocycles. The van der Waals surface area contributed by atoms with Gasteiger partial charge in [-0.25, -0.2) is 8.42 Å². The third-order valence-corrected chi connectivity index (χ3v) is 5.19. The maximum Gasteiger partial charge on any atom is 0.271 e. The molecule has 92 valence electrons. The zero-order valence-electron chi connectivity index (χ0n) is 9.73. The number of H-pyrrole nitrogens is 1. The van der Waals surface area contributed by atoms with Crippen LogP contribution in [-0.4, -0.2) is 18.6 Å². The van der Waals surface area contributed by atoms with Gasteiger partial charge in [0.15, 0.2) is 0 Å². The van der Waals surface area contributed by atoms with Gasteiger partial charge in [0.2, 0.25) is 0 Å². The summed E-state index contributed by atoms with van der Waals surface area (Å²) < 4.78 is 27.0. The Bertz CT molecular complexity index is 621. The molecule has 2 rings (SSSR count). The summed E-state index contributed by atoms with van der Waals surface area (Å²) >= 11 is 1.25. The van der Waals surface area contributed by atoms with Crippen LogP contribution in [0, 0.1) is 20.8 Å². The van der Waals surface area contributed by atoms with Gasteiger partial charge in [-0.15, -0.1) is 11.3 Å². The fourth-order valence-corrected chi connectivity index (χ4v) is 3.91. The third-order valence-electron chi connectivity index (χ3n) is 2.35. The molecular weight excluding hydrogens is 258 g/mol. The first-order valence-electron chi connectivity index (χ1n) is 5.01. The molecule has 2 aromatic rings. The SMILES string of the molecule is Cc1ccc(S(=O)(=O)Nc2c(C)n[nH]c2C)s1. The van der Waals surface area contributed by atoms with E-state index in [0.717, 1.165) is 4.88 Å². The lowest BCUT2D eigenvalue weighted by atomic mass is 10.3. The molecule has 0 radical (unpaired) electrons. The first-order valence-corrected chi connectivity index (χ1v) is 7.31. The Morgan fingerprint density at radius 2 is 2.00 bits per heavy atom. The van der Waals surface area contributed by atoms with E-state index < -0.39 is 10.0 Å². The lowest BCUT2D eigenvalue weighted by Gasteiger charge is -2.05. The second kappa shape index (κ2) is 4.15. The summed E-state index contributed by atoms with van der Waals surface area (Å²) in [6.45, 7) is 5.40. The van der Waals surface area contributed by atoms with Crippen molar-refractivity contribution in [2.24, 2.45) is 0 Å². The number of nitrogens with one attached hydrogen (secondary N) is 2. The smallest absolute Gasteiger partial charge is 0.271 e. The van der Waals surface area contributed by atoms with Crippen molar-refractivity contribution in [3.05, 3.63) is 28.4 Å². The Morgan fingerprint density at radius 1 is 1.29 bits per heavy atom. The Morgan fingerprint density at radius 3 is 2.47 bits per heavy atom. The van der Waals surface area contributed by atoms with Crippen molar-refractivity contribution in [2.45, 2.75) is 25.0 Å². The quantitative estimate of drug-likeness (QED) is 0.898. The maximum atomic E-state index is 12.1. The topological polar surface area (TPSA) is 74.8 Å². The predicted octanol–water partition coefficient (Wildman–Crippen LogP) is 2.20. The summed E-state index contributed by atoms with van der Waals surface area (Å²) in [6, 6.07) is 3.39. The van der Waals surface area contributed by atoms with Crippen molar-refractivity contribution >= 4 is 27.0 Å². The van der Waals surface area contributed by atoms with Crippen molar-refractivity contribution < 1.29 is 8.42 Å². The molecule has 0 saturated heterocycles. The molecule has 0 aliphatic rings. The van der Waals surface area contributed by atoms with Gasteiger partial charge < -0.3 is 0 Å². The zero-order chi connectivity index (χ0) is 12.6. The number of rotatable bonds is 3. The van der Waals surface area contributed by atoms with Crippen LogP contribution in [-0.2, 0) is 10.0 Å². The summed E-state index contributed by atoms with van der Waals surface area (Å²) in [5.74, 6) is 0. The van der Waals surface area contributed by atoms with E-state index >= 15 is 0 Å². The van der Waals surface area contributed by atoms with Gasteiger partial charge in [0, 0.05) is 4.88 Å². The maximum absolute atomic E-state index is 12.1. The summed E-state index contributed by atoms with van der Waals surface area (Å²) in [6.07, 6.45) is 0. The van der Waals surface area contributed by atoms with Crippen molar-refractivity contribution in [1.82, 2.24) is 10.2 Å². The minimum Gasteiger partial charge on any atom is -0.280 e. The first kappa shape index (κ1) is 12.1. The summed E-state index contributed by atoms with van der Waals surface area (Å²) in [5, 5.41) is 6.69. The van der Waals surface area contributed by atoms with Crippen LogP contribution in [0.15, 0.2) is 16.3 Å². The average molecular weight is 271 g/mol. The van der Waals surface area contributed by atoms with Crippen LogP contribution in [0.25, 0.3) is 0 Å². The Labute approximate surface area is 104 Å². The van der Waals surface area contributed by atoms with Crippen LogP contribution in [0.2, 0.25) is 0 Å². The van der Waals surface area contributed by atoms with Gasteiger partial charge in [-0.1, -0.05) is 0 Å². The molecule has 0 unspecified atom stereocenters. The van der Waals surface area contributed by atoms with E-state index in [1.807, 2.05) is 6.92 Å². The van der Waals surface area contributed by atoms with E-state index in [9.17, 15) is 8.42 Å². The molecule has 0 saturated carbocycles. The molecular formula is C10H13N3O2S2. The minimum absolute atomic E-state index is 0.315. The highest BCUT2D eigenvalue weighted by atomic mass is 32.2. The molecule has 0 aliphatic heterocycles. The Balaban J connectivity index is 2.36. The number of aromatic nitrogens is 2. The number of sulfonamides is 1. The van der Waals surface area contributed by atoms with Gasteiger partial charge in [0.25, 0.3) is 10.0 Å². The molecule has 0 spiro atoms. The van der Waals surface area contributed by atoms with Gasteiger partial charge in [-0.2, -0.15) is 5.10 Å². The van der Waals surface area contributed by atoms with Gasteiger partial charge >= 0.3 is 0 Å². The molecule has 0 atom stereocenters. The van der Waals surface area contributed by atoms with Crippen LogP contribution in [0.5, 0.6) is 0 Å². The molecule has 2 aromatic heterocycles. The summed E-state index contributed by atoms with van der Waals surface area (Å²) in [4.78, 5) is 0.964. The minimum atomic E-state index is -3.50. The third kappa shape index (κ3) is 2.34. The predicted molar refractivity (Wildman–Crippen MR) is 67.9 cm³/mol. The van der Waals surface area contributed by atoms with E-state index in [1.54, 1.807) is 26.0 Å². The lowest BCUT2D eigenvalue weighted by Crippen LogP contribution is -2.12. The van der Waals surface area contributed by atoms with Crippen LogP contribution in [0.3, 0.4) is 0 Å². The fourth-order valence-electron chi connectivity index (χ4n) is 1.44. The van der Waals surface area contributed by atoms with Gasteiger partial charge in [-0.05, 0) is 32.9 Å². The summed E-state index contributed by atoms with van der Waals surface area (Å²) in [5.41, 5.74) is 1.87. The van der Waals surface area contributed by atoms with Crippen molar-refractivity contribution in [1.29, 1.82) is 0 Å². The highest BCUT2D eigenvalue weighted by Gasteiger charge is 2.19. The normalized spacial score (nSPS) is 11.7. The number of anilines is 1. The standard InChI is InChI=1S/C10H13N3O2S2/c1-6-4-5-9(16-6)17(14,15)13-10-7(2)11-12-8(10)3/h4-5,13H,1-3H3,(H,11,12). The van der Waals surface area contributed by atoms with E-state index in [-0.39, 0.29) is 0 Å². The lowest BCUT2D eigenvalue weighted by molar-refractivity contribution is 0.603. The number of aryl methyl sites for hydroxylation is 3. The molecule has 0 amide bonds. The number of nitrogens with zero attached hydrogens (tertiary/aromatic N) is 1. The van der Waals surface area contributed by atoms with Crippen LogP contribution in [0.1, 0.15) is 16.3 Å². The van der Waals surface area contributed by atoms with Crippen molar-refractivity contribution in [2.75, 3.05) is 4.72 Å². The number of hydrogen-bond acceptors (Lipinski definition) is 4. The van der Waals surface area contributed by atoms with Crippen molar-refractivity contribution in [3.63, 3.8) is 0 Å². The molecule has 0 aromatic carbocycles. The zero-order valence-corrected chi connectivity index (χ0v) is 11.4. The van der Waals surface area contributed by atoms with Crippen LogP contribution >= 0.6 is 11.3 Å². The summed E-state index contributed by atoms with van der Waals surface area (Å²) in [7, 11) is -3.50. The average Bonchev–Trinajstić information content (AvgIpc) is 2.80. The van der Waals surface area contributed by atoms with Gasteiger partial charge in [0.1, 0.15) is 4.21 Å². The highest BCUT2D eigenvalue weighted by Crippen LogP contribution is 2.25. The van der Waals surface area contributed by atoms with Gasteiger partial charge in [-0.3, -0.25) is 9.82 Å². The molecule has 7 heteroatoms. The largest absolute Gasteiger partial charge is 0.280 e. The Kier molecular flexibility index (Phi) is 2.96. The van der Waals surface area contributed by atoms with E-state index in [4.69, 9.17) is 0 Å². The monoisotopic (exact) mass is 271 g/mol. The number of thiophene rings is 1. The van der Waals surface area contributed by atoms with Crippen LogP contribution < -0.4 is 4.72 Å². The molecule has 2 N–H and O–H groups in total. The molecule has 0 fully saturated rings. The molecule has 5 nitrogen and oxygen atoms in total. The van der Waals surface area contributed by atoms with E-state index in [1.165, 1.54) is 11.3 Å². The van der Waals surface area contributed by atoms with E-state index in [2.05, 4.69) is 14.9 Å². The first-order chi connectivity index (χ1) is 7.90. The Hall–Kier alpha value is -1.34. The second-order valence-electron chi connectivity index (χ2n) is 3.78. The highest BCUT2D eigenvalue weighted by molar-refractivity contribution is 7.94. The molecule has 17 heavy (non-hydrogen) atoms. The second-order valence-corrected chi connectivity index (χ2v) is 6.98. The van der Waals surface area contributed by atoms with E-state index in [0.29, 0.717) is 21.3 Å².